The molecule has 0 radical (unpaired) electrons. The van der Waals surface area contributed by atoms with E-state index in [2.05, 4.69) is 20.5 Å². The number of fused-ring (bicyclic) bond motifs is 1. The molecule has 1 aromatic carbocycles. The summed E-state index contributed by atoms with van der Waals surface area (Å²) in [4.78, 5) is 4.36. The molecule has 1 aliphatic rings. The van der Waals surface area contributed by atoms with Gasteiger partial charge in [0.15, 0.2) is 5.01 Å². The van der Waals surface area contributed by atoms with E-state index < -0.39 is 11.7 Å². The van der Waals surface area contributed by atoms with E-state index in [-0.39, 0.29) is 18.0 Å². The Morgan fingerprint density at radius 1 is 1.13 bits per heavy atom. The summed E-state index contributed by atoms with van der Waals surface area (Å²) in [6.45, 7) is 2.69. The second kappa shape index (κ2) is 8.47. The molecule has 160 valence electrons. The molecule has 1 saturated carbocycles. The van der Waals surface area contributed by atoms with Crippen LogP contribution in [0, 0.1) is 6.92 Å². The van der Waals surface area contributed by atoms with Crippen LogP contribution >= 0.6 is 11.3 Å². The SMILES string of the molecule is Cc1cc(-c2nnc(NCCCCCO)s2)nc2c(C(F)(F)F)cc(C3CC3)cc12. The molecule has 0 bridgehead atoms. The first-order valence-electron chi connectivity index (χ1n) is 10.1. The summed E-state index contributed by atoms with van der Waals surface area (Å²) in [5.74, 6) is 0.226. The van der Waals surface area contributed by atoms with E-state index in [0.717, 1.165) is 43.2 Å². The van der Waals surface area contributed by atoms with Crippen LogP contribution in [0.3, 0.4) is 0 Å². The van der Waals surface area contributed by atoms with Gasteiger partial charge in [0.25, 0.3) is 0 Å². The Labute approximate surface area is 176 Å². The van der Waals surface area contributed by atoms with Gasteiger partial charge in [0, 0.05) is 18.5 Å². The number of alkyl halides is 3. The van der Waals surface area contributed by atoms with Crippen LogP contribution in [0.15, 0.2) is 18.2 Å². The minimum Gasteiger partial charge on any atom is -0.396 e. The van der Waals surface area contributed by atoms with Gasteiger partial charge in [0.2, 0.25) is 5.13 Å². The maximum Gasteiger partial charge on any atom is 0.418 e. The van der Waals surface area contributed by atoms with Crippen molar-refractivity contribution in [3.63, 3.8) is 0 Å². The molecule has 0 spiro atoms. The number of hydrogen-bond donors (Lipinski definition) is 2. The van der Waals surface area contributed by atoms with Crippen LogP contribution in [0.25, 0.3) is 21.6 Å². The standard InChI is InChI=1S/C21H23F3N4OS/c1-12-9-17(19-27-28-20(30-19)25-7-3-2-4-8-29)26-18-15(12)10-14(13-5-6-13)11-16(18)21(22,23)24/h9-11,13,29H,2-8H2,1H3,(H,25,28). The van der Waals surface area contributed by atoms with Gasteiger partial charge in [-0.3, -0.25) is 0 Å². The third-order valence-corrected chi connectivity index (χ3v) is 6.16. The molecule has 2 aromatic heterocycles. The number of aliphatic hydroxyl groups is 1. The topological polar surface area (TPSA) is 70.9 Å². The van der Waals surface area contributed by atoms with E-state index in [9.17, 15) is 13.2 Å². The van der Waals surface area contributed by atoms with Crippen LogP contribution in [0.2, 0.25) is 0 Å². The molecule has 3 aromatic rings. The number of aryl methyl sites for hydroxylation is 1. The zero-order chi connectivity index (χ0) is 21.3. The lowest BCUT2D eigenvalue weighted by Crippen LogP contribution is -2.08. The van der Waals surface area contributed by atoms with Crippen molar-refractivity contribution >= 4 is 27.4 Å². The summed E-state index contributed by atoms with van der Waals surface area (Å²) in [5, 5.41) is 21.8. The molecule has 0 unspecified atom stereocenters. The first kappa shape index (κ1) is 21.0. The van der Waals surface area contributed by atoms with Crippen molar-refractivity contribution in [1.29, 1.82) is 0 Å². The highest BCUT2D eigenvalue weighted by molar-refractivity contribution is 7.18. The Kier molecular flexibility index (Phi) is 5.92. The monoisotopic (exact) mass is 436 g/mol. The molecule has 1 fully saturated rings. The van der Waals surface area contributed by atoms with E-state index >= 15 is 0 Å². The van der Waals surface area contributed by atoms with Gasteiger partial charge in [-0.2, -0.15) is 13.2 Å². The summed E-state index contributed by atoms with van der Waals surface area (Å²) in [6, 6.07) is 4.90. The quantitative estimate of drug-likeness (QED) is 0.454. The average Bonchev–Trinajstić information content (AvgIpc) is 3.44. The number of nitrogens with one attached hydrogen (secondary N) is 1. The Morgan fingerprint density at radius 2 is 1.93 bits per heavy atom. The van der Waals surface area contributed by atoms with Gasteiger partial charge in [-0.25, -0.2) is 4.98 Å². The number of aliphatic hydroxyl groups excluding tert-OH is 1. The minimum absolute atomic E-state index is 0.0318. The number of anilines is 1. The van der Waals surface area contributed by atoms with Crippen LogP contribution in [-0.2, 0) is 6.18 Å². The number of aromatic nitrogens is 3. The van der Waals surface area contributed by atoms with Crippen molar-refractivity contribution < 1.29 is 18.3 Å². The number of hydrogen-bond acceptors (Lipinski definition) is 6. The predicted octanol–water partition coefficient (Wildman–Crippen LogP) is 5.53. The predicted molar refractivity (Wildman–Crippen MR) is 112 cm³/mol. The first-order chi connectivity index (χ1) is 14.4. The summed E-state index contributed by atoms with van der Waals surface area (Å²) in [5.41, 5.74) is 1.18. The van der Waals surface area contributed by atoms with Crippen molar-refractivity contribution in [2.45, 2.75) is 51.1 Å². The van der Waals surface area contributed by atoms with Gasteiger partial charge in [0.05, 0.1) is 11.1 Å². The smallest absolute Gasteiger partial charge is 0.396 e. The number of nitrogens with zero attached hydrogens (tertiary/aromatic N) is 3. The third-order valence-electron chi connectivity index (χ3n) is 5.25. The molecule has 2 heterocycles. The molecule has 1 aliphatic carbocycles. The molecule has 0 amide bonds. The fraction of sp³-hybridized carbons (Fsp3) is 0.476. The van der Waals surface area contributed by atoms with Crippen molar-refractivity contribution in [2.24, 2.45) is 0 Å². The maximum atomic E-state index is 13.8. The Balaban J connectivity index is 1.65. The van der Waals surface area contributed by atoms with Crippen molar-refractivity contribution in [1.82, 2.24) is 15.2 Å². The van der Waals surface area contributed by atoms with Gasteiger partial charge in [0.1, 0.15) is 5.69 Å². The summed E-state index contributed by atoms with van der Waals surface area (Å²) >= 11 is 1.27. The second-order valence-electron chi connectivity index (χ2n) is 7.68. The van der Waals surface area contributed by atoms with E-state index in [1.165, 1.54) is 17.4 Å². The molecular formula is C21H23F3N4OS. The van der Waals surface area contributed by atoms with Gasteiger partial charge in [-0.1, -0.05) is 11.3 Å². The molecule has 0 atom stereocenters. The van der Waals surface area contributed by atoms with Crippen molar-refractivity contribution in [3.8, 4) is 10.7 Å². The van der Waals surface area contributed by atoms with Crippen LogP contribution in [-0.4, -0.2) is 33.4 Å². The van der Waals surface area contributed by atoms with E-state index in [1.54, 1.807) is 6.07 Å². The Hall–Kier alpha value is -2.26. The Bertz CT molecular complexity index is 1050. The lowest BCUT2D eigenvalue weighted by Gasteiger charge is -2.14. The molecular weight excluding hydrogens is 413 g/mol. The highest BCUT2D eigenvalue weighted by Gasteiger charge is 2.36. The molecule has 9 heteroatoms. The molecule has 30 heavy (non-hydrogen) atoms. The number of benzene rings is 1. The van der Waals surface area contributed by atoms with Crippen LogP contribution in [0.1, 0.15) is 54.7 Å². The van der Waals surface area contributed by atoms with Crippen molar-refractivity contribution in [3.05, 3.63) is 34.9 Å². The number of pyridine rings is 1. The third kappa shape index (κ3) is 4.57. The zero-order valence-electron chi connectivity index (χ0n) is 16.6. The van der Waals surface area contributed by atoms with Gasteiger partial charge in [-0.05, 0) is 74.3 Å². The molecule has 0 saturated heterocycles. The van der Waals surface area contributed by atoms with Gasteiger partial charge < -0.3 is 10.4 Å². The molecule has 4 rings (SSSR count). The average molecular weight is 437 g/mol. The molecule has 5 nitrogen and oxygen atoms in total. The van der Waals surface area contributed by atoms with E-state index in [0.29, 0.717) is 27.8 Å². The van der Waals surface area contributed by atoms with Gasteiger partial charge >= 0.3 is 6.18 Å². The zero-order valence-corrected chi connectivity index (χ0v) is 17.4. The number of unbranched alkanes of at least 4 members (excludes halogenated alkanes) is 2. The van der Waals surface area contributed by atoms with E-state index in [1.807, 2.05) is 13.0 Å². The highest BCUT2D eigenvalue weighted by Crippen LogP contribution is 2.45. The number of halogens is 3. The van der Waals surface area contributed by atoms with Crippen LogP contribution in [0.5, 0.6) is 0 Å². The first-order valence-corrected chi connectivity index (χ1v) is 10.9. The summed E-state index contributed by atoms with van der Waals surface area (Å²) in [6.07, 6.45) is -0.0382. The summed E-state index contributed by atoms with van der Waals surface area (Å²) in [7, 11) is 0. The fourth-order valence-electron chi connectivity index (χ4n) is 3.50. The fourth-order valence-corrected chi connectivity index (χ4v) is 4.23. The minimum atomic E-state index is -4.47. The lowest BCUT2D eigenvalue weighted by atomic mass is 9.98. The van der Waals surface area contributed by atoms with Crippen LogP contribution < -0.4 is 5.32 Å². The summed E-state index contributed by atoms with van der Waals surface area (Å²) < 4.78 is 41.4. The number of rotatable bonds is 8. The molecule has 2 N–H and O–H groups in total. The van der Waals surface area contributed by atoms with Crippen molar-refractivity contribution in [2.75, 3.05) is 18.5 Å². The van der Waals surface area contributed by atoms with Crippen LogP contribution in [0.4, 0.5) is 18.3 Å². The Morgan fingerprint density at radius 3 is 2.63 bits per heavy atom. The molecule has 0 aliphatic heterocycles. The lowest BCUT2D eigenvalue weighted by molar-refractivity contribution is -0.136. The normalized spacial score (nSPS) is 14.4. The second-order valence-corrected chi connectivity index (χ2v) is 8.66. The van der Waals surface area contributed by atoms with Gasteiger partial charge in [-0.15, -0.1) is 10.2 Å². The highest BCUT2D eigenvalue weighted by atomic mass is 32.1. The largest absolute Gasteiger partial charge is 0.418 e. The maximum absolute atomic E-state index is 13.8. The van der Waals surface area contributed by atoms with E-state index in [4.69, 9.17) is 5.11 Å².